The van der Waals surface area contributed by atoms with Crippen LogP contribution in [0.1, 0.15) is 27.2 Å². The van der Waals surface area contributed by atoms with Gasteiger partial charge in [-0.15, -0.1) is 0 Å². The number of hydrogen-bond donors (Lipinski definition) is 2. The van der Waals surface area contributed by atoms with Crippen LogP contribution in [0.3, 0.4) is 0 Å². The Morgan fingerprint density at radius 1 is 1.29 bits per heavy atom. The maximum atomic E-state index is 11.3. The van der Waals surface area contributed by atoms with Crippen LogP contribution in [-0.4, -0.2) is 54.5 Å². The van der Waals surface area contributed by atoms with E-state index in [0.717, 1.165) is 32.7 Å². The Labute approximate surface area is 104 Å². The van der Waals surface area contributed by atoms with Gasteiger partial charge in [0.25, 0.3) is 0 Å². The molecule has 1 saturated heterocycles. The molecule has 1 aliphatic rings. The summed E-state index contributed by atoms with van der Waals surface area (Å²) in [6.45, 7) is 11.5. The van der Waals surface area contributed by atoms with Gasteiger partial charge in [-0.25, -0.2) is 5.84 Å². The highest BCUT2D eigenvalue weighted by atomic mass is 16.2. The van der Waals surface area contributed by atoms with Crippen molar-refractivity contribution < 1.29 is 4.79 Å². The second-order valence-electron chi connectivity index (χ2n) is 5.00. The van der Waals surface area contributed by atoms with E-state index in [4.69, 9.17) is 5.84 Å². The summed E-state index contributed by atoms with van der Waals surface area (Å²) in [6.07, 6.45) is 1.20. The molecule has 0 bridgehead atoms. The average Bonchev–Trinajstić information content (AvgIpc) is 2.37. The number of hydrogen-bond acceptors (Lipinski definition) is 4. The number of carbonyl (C=O) groups is 1. The van der Waals surface area contributed by atoms with Gasteiger partial charge in [-0.1, -0.05) is 13.8 Å². The Bertz CT molecular complexity index is 239. The molecule has 5 heteroatoms. The van der Waals surface area contributed by atoms with Crippen LogP contribution in [0.15, 0.2) is 0 Å². The first-order valence-corrected chi connectivity index (χ1v) is 6.55. The Morgan fingerprint density at radius 3 is 2.35 bits per heavy atom. The van der Waals surface area contributed by atoms with E-state index >= 15 is 0 Å². The summed E-state index contributed by atoms with van der Waals surface area (Å²) in [6, 6.07) is 0.668. The molecule has 2 atom stereocenters. The fourth-order valence-electron chi connectivity index (χ4n) is 2.26. The average molecular weight is 242 g/mol. The van der Waals surface area contributed by atoms with E-state index in [0.29, 0.717) is 6.04 Å². The number of nitrogens with two attached hydrogens (primary N) is 1. The Kier molecular flexibility index (Phi) is 5.88. The first-order valence-electron chi connectivity index (χ1n) is 6.55. The maximum Gasteiger partial charge on any atom is 0.237 e. The minimum absolute atomic E-state index is 0.0323. The lowest BCUT2D eigenvalue weighted by atomic mass is 10.1. The maximum absolute atomic E-state index is 11.3. The van der Waals surface area contributed by atoms with Crippen LogP contribution in [-0.2, 0) is 4.79 Å². The lowest BCUT2D eigenvalue weighted by Crippen LogP contribution is -2.51. The number of carbonyl (C=O) groups excluding carboxylic acids is 1. The second kappa shape index (κ2) is 6.93. The molecule has 0 spiro atoms. The van der Waals surface area contributed by atoms with Gasteiger partial charge in [-0.2, -0.15) is 0 Å². The van der Waals surface area contributed by atoms with Gasteiger partial charge in [0, 0.05) is 44.7 Å². The van der Waals surface area contributed by atoms with Crippen molar-refractivity contribution in [1.82, 2.24) is 15.2 Å². The van der Waals surface area contributed by atoms with Crippen LogP contribution in [0.5, 0.6) is 0 Å². The van der Waals surface area contributed by atoms with Crippen molar-refractivity contribution in [3.63, 3.8) is 0 Å². The highest BCUT2D eigenvalue weighted by Gasteiger charge is 2.22. The molecule has 1 heterocycles. The van der Waals surface area contributed by atoms with Crippen molar-refractivity contribution in [3.05, 3.63) is 0 Å². The molecule has 17 heavy (non-hydrogen) atoms. The van der Waals surface area contributed by atoms with Crippen molar-refractivity contribution in [2.45, 2.75) is 33.2 Å². The molecule has 100 valence electrons. The third-order valence-electron chi connectivity index (χ3n) is 3.74. The monoisotopic (exact) mass is 242 g/mol. The van der Waals surface area contributed by atoms with E-state index in [1.165, 1.54) is 6.42 Å². The molecule has 3 N–H and O–H groups in total. The highest BCUT2D eigenvalue weighted by molar-refractivity contribution is 5.77. The molecule has 0 aromatic carbocycles. The van der Waals surface area contributed by atoms with Gasteiger partial charge in [-0.05, 0) is 13.3 Å². The first kappa shape index (κ1) is 14.4. The minimum atomic E-state index is -0.0747. The summed E-state index contributed by atoms with van der Waals surface area (Å²) in [5, 5.41) is 0. The topological polar surface area (TPSA) is 61.6 Å². The number of piperazine rings is 1. The predicted molar refractivity (Wildman–Crippen MR) is 69.3 cm³/mol. The molecule has 0 radical (unpaired) electrons. The Morgan fingerprint density at radius 2 is 1.88 bits per heavy atom. The van der Waals surface area contributed by atoms with E-state index < -0.39 is 0 Å². The fourth-order valence-corrected chi connectivity index (χ4v) is 2.26. The normalized spacial score (nSPS) is 22.1. The Balaban J connectivity index is 2.30. The zero-order valence-corrected chi connectivity index (χ0v) is 11.3. The van der Waals surface area contributed by atoms with Crippen LogP contribution < -0.4 is 11.3 Å². The van der Waals surface area contributed by atoms with E-state index in [1.54, 1.807) is 0 Å². The van der Waals surface area contributed by atoms with Crippen molar-refractivity contribution in [2.75, 3.05) is 32.7 Å². The lowest BCUT2D eigenvalue weighted by molar-refractivity contribution is -0.125. The number of nitrogens with one attached hydrogen (secondary N) is 1. The zero-order valence-electron chi connectivity index (χ0n) is 11.3. The highest BCUT2D eigenvalue weighted by Crippen LogP contribution is 2.10. The summed E-state index contributed by atoms with van der Waals surface area (Å²) in [5.74, 6) is 5.02. The molecular weight excluding hydrogens is 216 g/mol. The van der Waals surface area contributed by atoms with Gasteiger partial charge < -0.3 is 4.90 Å². The fraction of sp³-hybridized carbons (Fsp3) is 0.917. The van der Waals surface area contributed by atoms with E-state index in [1.807, 2.05) is 6.92 Å². The van der Waals surface area contributed by atoms with Crippen LogP contribution in [0.2, 0.25) is 0 Å². The third-order valence-corrected chi connectivity index (χ3v) is 3.74. The predicted octanol–water partition coefficient (Wildman–Crippen LogP) is 0.0285. The third kappa shape index (κ3) is 4.26. The number of rotatable bonds is 5. The largest absolute Gasteiger partial charge is 0.300 e. The minimum Gasteiger partial charge on any atom is -0.300 e. The summed E-state index contributed by atoms with van der Waals surface area (Å²) in [7, 11) is 0. The smallest absolute Gasteiger partial charge is 0.237 e. The number of hydrazine groups is 1. The molecule has 0 saturated carbocycles. The quantitative estimate of drug-likeness (QED) is 0.406. The van der Waals surface area contributed by atoms with Gasteiger partial charge in [0.15, 0.2) is 0 Å². The van der Waals surface area contributed by atoms with Crippen LogP contribution in [0, 0.1) is 5.92 Å². The van der Waals surface area contributed by atoms with Crippen LogP contribution >= 0.6 is 0 Å². The number of amides is 1. The molecule has 1 aliphatic heterocycles. The van der Waals surface area contributed by atoms with Crippen LogP contribution in [0.4, 0.5) is 0 Å². The van der Waals surface area contributed by atoms with Crippen molar-refractivity contribution >= 4 is 5.91 Å². The molecular formula is C12H26N4O. The lowest BCUT2D eigenvalue weighted by Gasteiger charge is -2.38. The van der Waals surface area contributed by atoms with Crippen molar-refractivity contribution in [2.24, 2.45) is 11.8 Å². The molecule has 1 amide bonds. The van der Waals surface area contributed by atoms with Gasteiger partial charge >= 0.3 is 0 Å². The summed E-state index contributed by atoms with van der Waals surface area (Å²) in [4.78, 5) is 16.2. The summed E-state index contributed by atoms with van der Waals surface area (Å²) < 4.78 is 0. The molecule has 5 nitrogen and oxygen atoms in total. The van der Waals surface area contributed by atoms with Crippen LogP contribution in [0.25, 0.3) is 0 Å². The zero-order chi connectivity index (χ0) is 12.8. The van der Waals surface area contributed by atoms with E-state index in [2.05, 4.69) is 29.1 Å². The number of nitrogens with zero attached hydrogens (tertiary/aromatic N) is 2. The molecule has 1 fully saturated rings. The summed E-state index contributed by atoms with van der Waals surface area (Å²) in [5.41, 5.74) is 2.21. The van der Waals surface area contributed by atoms with E-state index in [-0.39, 0.29) is 11.8 Å². The molecule has 2 unspecified atom stereocenters. The summed E-state index contributed by atoms with van der Waals surface area (Å²) >= 11 is 0. The molecule has 0 aromatic heterocycles. The standard InChI is InChI=1S/C12H26N4O/c1-4-11(3)16-7-5-15(6-8-16)9-10(2)12(17)14-13/h10-11H,4-9,13H2,1-3H3,(H,14,17). The van der Waals surface area contributed by atoms with Gasteiger partial charge in [0.1, 0.15) is 0 Å². The Hall–Kier alpha value is -0.650. The van der Waals surface area contributed by atoms with Gasteiger partial charge in [-0.3, -0.25) is 15.1 Å². The second-order valence-corrected chi connectivity index (χ2v) is 5.00. The molecule has 0 aromatic rings. The van der Waals surface area contributed by atoms with E-state index in [9.17, 15) is 4.79 Å². The first-order chi connectivity index (χ1) is 8.08. The van der Waals surface area contributed by atoms with Gasteiger partial charge in [0.05, 0.1) is 0 Å². The van der Waals surface area contributed by atoms with Gasteiger partial charge in [0.2, 0.25) is 5.91 Å². The SMILES string of the molecule is CCC(C)N1CCN(CC(C)C(=O)NN)CC1. The van der Waals surface area contributed by atoms with Crippen molar-refractivity contribution in [1.29, 1.82) is 0 Å². The molecule has 1 rings (SSSR count). The molecule has 0 aliphatic carbocycles. The van der Waals surface area contributed by atoms with Crippen molar-refractivity contribution in [3.8, 4) is 0 Å².